The summed E-state index contributed by atoms with van der Waals surface area (Å²) in [5, 5.41) is 26.1. The summed E-state index contributed by atoms with van der Waals surface area (Å²) in [4.78, 5) is 9.11. The van der Waals surface area contributed by atoms with Crippen molar-refractivity contribution in [1.82, 2.24) is 20.6 Å². The number of nitriles is 2. The maximum absolute atomic E-state index is 9.05. The number of rotatable bonds is 1. The average Bonchev–Trinajstić information content (AvgIpc) is 3.04. The van der Waals surface area contributed by atoms with Crippen molar-refractivity contribution in [1.29, 1.82) is 10.5 Å². The van der Waals surface area contributed by atoms with E-state index in [1.54, 1.807) is 6.20 Å². The van der Waals surface area contributed by atoms with Crippen LogP contribution in [0.3, 0.4) is 0 Å². The lowest BCUT2D eigenvalue weighted by atomic mass is 10.1. The summed E-state index contributed by atoms with van der Waals surface area (Å²) in [7, 11) is 0. The zero-order valence-electron chi connectivity index (χ0n) is 11.9. The van der Waals surface area contributed by atoms with Gasteiger partial charge >= 0.3 is 0 Å². The zero-order valence-corrected chi connectivity index (χ0v) is 11.9. The summed E-state index contributed by atoms with van der Waals surface area (Å²) in [6.45, 7) is 0. The van der Waals surface area contributed by atoms with E-state index < -0.39 is 6.17 Å². The SMILES string of the molecule is N#CC1=C(C#N)NC(c2ccc3ccc4cccnc4c3n2)N1. The Hall–Kier alpha value is -3.64. The van der Waals surface area contributed by atoms with Crippen molar-refractivity contribution in [2.45, 2.75) is 6.17 Å². The number of nitrogens with zero attached hydrogens (tertiary/aromatic N) is 4. The molecule has 1 aliphatic heterocycles. The molecule has 1 aromatic carbocycles. The zero-order chi connectivity index (χ0) is 15.8. The highest BCUT2D eigenvalue weighted by Gasteiger charge is 2.25. The van der Waals surface area contributed by atoms with Gasteiger partial charge in [0, 0.05) is 17.0 Å². The number of allylic oxidation sites excluding steroid dienone is 2. The monoisotopic (exact) mass is 298 g/mol. The summed E-state index contributed by atoms with van der Waals surface area (Å²) in [6.07, 6.45) is 1.34. The number of hydrogen-bond donors (Lipinski definition) is 2. The van der Waals surface area contributed by atoms with Crippen molar-refractivity contribution in [2.75, 3.05) is 0 Å². The van der Waals surface area contributed by atoms with E-state index in [9.17, 15) is 0 Å². The number of fused-ring (bicyclic) bond motifs is 3. The molecule has 0 radical (unpaired) electrons. The second-order valence-corrected chi connectivity index (χ2v) is 5.14. The van der Waals surface area contributed by atoms with Crippen LogP contribution in [0.1, 0.15) is 11.9 Å². The van der Waals surface area contributed by atoms with Gasteiger partial charge in [0.05, 0.1) is 16.7 Å². The Morgan fingerprint density at radius 3 is 2.22 bits per heavy atom. The van der Waals surface area contributed by atoms with E-state index >= 15 is 0 Å². The van der Waals surface area contributed by atoms with Crippen molar-refractivity contribution >= 4 is 21.8 Å². The summed E-state index contributed by atoms with van der Waals surface area (Å²) in [5.74, 6) is 0. The van der Waals surface area contributed by atoms with Gasteiger partial charge in [-0.15, -0.1) is 0 Å². The van der Waals surface area contributed by atoms with Gasteiger partial charge in [0.25, 0.3) is 0 Å². The lowest BCUT2D eigenvalue weighted by molar-refractivity contribution is 0.579. The molecule has 0 atom stereocenters. The Morgan fingerprint density at radius 1 is 0.870 bits per heavy atom. The van der Waals surface area contributed by atoms with Crippen LogP contribution in [-0.2, 0) is 0 Å². The highest BCUT2D eigenvalue weighted by atomic mass is 15.2. The van der Waals surface area contributed by atoms with Gasteiger partial charge in [0.15, 0.2) is 0 Å². The highest BCUT2D eigenvalue weighted by molar-refractivity contribution is 6.02. The van der Waals surface area contributed by atoms with Gasteiger partial charge in [-0.3, -0.25) is 4.98 Å². The first-order valence-corrected chi connectivity index (χ1v) is 7.02. The number of pyridine rings is 2. The van der Waals surface area contributed by atoms with Crippen molar-refractivity contribution in [2.24, 2.45) is 0 Å². The Labute approximate surface area is 131 Å². The number of benzene rings is 1. The van der Waals surface area contributed by atoms with E-state index in [1.807, 2.05) is 48.5 Å². The minimum Gasteiger partial charge on any atom is -0.349 e. The lowest BCUT2D eigenvalue weighted by Gasteiger charge is -2.13. The highest BCUT2D eigenvalue weighted by Crippen LogP contribution is 2.25. The molecule has 0 amide bonds. The Bertz CT molecular complexity index is 1030. The molecule has 0 aliphatic carbocycles. The van der Waals surface area contributed by atoms with Crippen LogP contribution >= 0.6 is 0 Å². The first-order valence-electron chi connectivity index (χ1n) is 7.02. The van der Waals surface area contributed by atoms with Gasteiger partial charge in [0.2, 0.25) is 0 Å². The molecule has 4 rings (SSSR count). The van der Waals surface area contributed by atoms with Crippen LogP contribution in [0, 0.1) is 22.7 Å². The summed E-state index contributed by atoms with van der Waals surface area (Å²) >= 11 is 0. The molecule has 2 N–H and O–H groups in total. The average molecular weight is 298 g/mol. The van der Waals surface area contributed by atoms with Gasteiger partial charge in [-0.1, -0.05) is 24.3 Å². The molecule has 3 aromatic rings. The summed E-state index contributed by atoms with van der Waals surface area (Å²) < 4.78 is 0. The molecule has 23 heavy (non-hydrogen) atoms. The molecule has 0 unspecified atom stereocenters. The van der Waals surface area contributed by atoms with Gasteiger partial charge in [-0.2, -0.15) is 10.5 Å². The Morgan fingerprint density at radius 2 is 1.52 bits per heavy atom. The molecule has 0 bridgehead atoms. The second kappa shape index (κ2) is 4.97. The maximum atomic E-state index is 9.05. The van der Waals surface area contributed by atoms with Gasteiger partial charge < -0.3 is 10.6 Å². The smallest absolute Gasteiger partial charge is 0.150 e. The van der Waals surface area contributed by atoms with Crippen molar-refractivity contribution in [3.63, 3.8) is 0 Å². The predicted octanol–water partition coefficient (Wildman–Crippen LogP) is 2.23. The molecular formula is C17H10N6. The largest absolute Gasteiger partial charge is 0.349 e. The Kier molecular flexibility index (Phi) is 2.82. The van der Waals surface area contributed by atoms with Crippen molar-refractivity contribution in [3.05, 3.63) is 59.7 Å². The molecule has 1 aliphatic rings. The van der Waals surface area contributed by atoms with E-state index in [-0.39, 0.29) is 11.4 Å². The van der Waals surface area contributed by atoms with Crippen LogP contribution in [0.25, 0.3) is 21.8 Å². The maximum Gasteiger partial charge on any atom is 0.150 e. The van der Waals surface area contributed by atoms with Crippen molar-refractivity contribution in [3.8, 4) is 12.1 Å². The fraction of sp³-hybridized carbons (Fsp3) is 0.0588. The van der Waals surface area contributed by atoms with Crippen LogP contribution in [0.4, 0.5) is 0 Å². The molecule has 0 spiro atoms. The van der Waals surface area contributed by atoms with Crippen molar-refractivity contribution < 1.29 is 0 Å². The predicted molar refractivity (Wildman–Crippen MR) is 84.3 cm³/mol. The third-order valence-electron chi connectivity index (χ3n) is 3.80. The number of hydrogen-bond acceptors (Lipinski definition) is 6. The van der Waals surface area contributed by atoms with Crippen LogP contribution in [0.5, 0.6) is 0 Å². The van der Waals surface area contributed by atoms with Crippen LogP contribution in [0.2, 0.25) is 0 Å². The third kappa shape index (κ3) is 2.02. The standard InChI is InChI=1S/C17H10N6/c18-8-13-14(9-19)23-17(22-13)12-6-5-11-4-3-10-2-1-7-20-15(10)16(11)21-12/h1-7,17,22-23H. The molecule has 0 saturated heterocycles. The van der Waals surface area contributed by atoms with Crippen LogP contribution in [0.15, 0.2) is 54.0 Å². The van der Waals surface area contributed by atoms with Gasteiger partial charge in [-0.25, -0.2) is 4.98 Å². The van der Waals surface area contributed by atoms with Crippen LogP contribution < -0.4 is 10.6 Å². The summed E-state index contributed by atoms with van der Waals surface area (Å²) in [5.41, 5.74) is 2.80. The van der Waals surface area contributed by atoms with Crippen LogP contribution in [-0.4, -0.2) is 9.97 Å². The van der Waals surface area contributed by atoms with Gasteiger partial charge in [-0.05, 0) is 12.1 Å². The van der Waals surface area contributed by atoms with E-state index in [0.717, 1.165) is 21.8 Å². The van der Waals surface area contributed by atoms with E-state index in [1.165, 1.54) is 0 Å². The quantitative estimate of drug-likeness (QED) is 0.669. The summed E-state index contributed by atoms with van der Waals surface area (Å²) in [6, 6.07) is 15.7. The second-order valence-electron chi connectivity index (χ2n) is 5.14. The number of nitrogens with one attached hydrogen (secondary N) is 2. The molecule has 2 aromatic heterocycles. The Balaban J connectivity index is 1.83. The van der Waals surface area contributed by atoms with E-state index in [0.29, 0.717) is 5.69 Å². The fourth-order valence-electron chi connectivity index (χ4n) is 2.69. The molecule has 0 fully saturated rings. The molecular weight excluding hydrogens is 288 g/mol. The molecule has 6 heteroatoms. The molecule has 3 heterocycles. The fourth-order valence-corrected chi connectivity index (χ4v) is 2.69. The normalized spacial score (nSPS) is 14.3. The number of aromatic nitrogens is 2. The molecule has 0 saturated carbocycles. The first-order chi connectivity index (χ1) is 11.3. The lowest BCUT2D eigenvalue weighted by Crippen LogP contribution is -2.24. The topological polar surface area (TPSA) is 97.4 Å². The van der Waals surface area contributed by atoms with E-state index in [4.69, 9.17) is 10.5 Å². The van der Waals surface area contributed by atoms with E-state index in [2.05, 4.69) is 20.6 Å². The molecule has 6 nitrogen and oxygen atoms in total. The van der Waals surface area contributed by atoms with Gasteiger partial charge in [0.1, 0.15) is 29.7 Å². The first kappa shape index (κ1) is 13.1. The molecule has 108 valence electrons. The minimum absolute atomic E-state index is 0.232. The minimum atomic E-state index is -0.400. The third-order valence-corrected chi connectivity index (χ3v) is 3.80.